The minimum absolute atomic E-state index is 0.0873. The Kier molecular flexibility index (Phi) is 4.95. The van der Waals surface area contributed by atoms with Crippen LogP contribution in [0.1, 0.15) is 28.2 Å². The topological polar surface area (TPSA) is 41.6 Å². The fourth-order valence-corrected chi connectivity index (χ4v) is 6.42. The first-order valence-corrected chi connectivity index (χ1v) is 13.5. The number of pyridine rings is 1. The minimum Gasteiger partial charge on any atom is -0.294 e. The minimum atomic E-state index is 0.0873. The lowest BCUT2D eigenvalue weighted by atomic mass is 9.87. The highest BCUT2D eigenvalue weighted by atomic mass is 15.1. The molecule has 1 aliphatic carbocycles. The largest absolute Gasteiger partial charge is 0.294 e. The Morgan fingerprint density at radius 3 is 1.80 bits per heavy atom. The Morgan fingerprint density at radius 1 is 0.600 bits per heavy atom. The molecule has 0 saturated heterocycles. The van der Waals surface area contributed by atoms with Crippen LogP contribution in [0.5, 0.6) is 0 Å². The van der Waals surface area contributed by atoms with E-state index in [-0.39, 0.29) is 5.92 Å². The van der Waals surface area contributed by atoms with Crippen LogP contribution in [-0.2, 0) is 0 Å². The third kappa shape index (κ3) is 3.33. The van der Waals surface area contributed by atoms with Crippen LogP contribution in [0.25, 0.3) is 49.9 Å². The maximum Gasteiger partial charge on any atom is 0.137 e. The summed E-state index contributed by atoms with van der Waals surface area (Å²) in [4.78, 5) is 4.93. The molecule has 2 aromatic heterocycles. The molecule has 186 valence electrons. The van der Waals surface area contributed by atoms with Crippen molar-refractivity contribution in [1.29, 1.82) is 5.26 Å². The van der Waals surface area contributed by atoms with Crippen LogP contribution in [-0.4, -0.2) is 9.55 Å². The third-order valence-electron chi connectivity index (χ3n) is 8.14. The normalized spacial score (nSPS) is 12.4. The standard InChI is InChI=1S/C37H23N3/c38-22-24-19-26(21-27(20-24)37-32-13-3-1-9-28(32)29-10-2-4-14-33(29)37)25-17-18-36(39-23-25)40-34-15-7-5-11-30(34)31-12-6-8-16-35(31)40/h1-21,23,37H. The SMILES string of the molecule is N#Cc1cc(-c2ccc(-n3c4ccccc4c4ccccc43)nc2)cc(C2c3ccccc3-c3ccccc32)c1. The predicted molar refractivity (Wildman–Crippen MR) is 162 cm³/mol. The zero-order valence-electron chi connectivity index (χ0n) is 21.6. The maximum absolute atomic E-state index is 9.97. The van der Waals surface area contributed by atoms with E-state index in [4.69, 9.17) is 4.98 Å². The molecular formula is C37H23N3. The van der Waals surface area contributed by atoms with Gasteiger partial charge in [-0.15, -0.1) is 0 Å². The molecule has 8 rings (SSSR count). The Bertz CT molecular complexity index is 2030. The number of para-hydroxylation sites is 2. The van der Waals surface area contributed by atoms with Gasteiger partial charge >= 0.3 is 0 Å². The van der Waals surface area contributed by atoms with E-state index in [9.17, 15) is 5.26 Å². The van der Waals surface area contributed by atoms with E-state index >= 15 is 0 Å². The van der Waals surface area contributed by atoms with Gasteiger partial charge in [0, 0.05) is 28.5 Å². The number of rotatable bonds is 3. The fourth-order valence-electron chi connectivity index (χ4n) is 6.42. The fraction of sp³-hybridized carbons (Fsp3) is 0.0270. The van der Waals surface area contributed by atoms with Crippen molar-refractivity contribution in [2.45, 2.75) is 5.92 Å². The van der Waals surface area contributed by atoms with Gasteiger partial charge in [-0.25, -0.2) is 4.98 Å². The van der Waals surface area contributed by atoms with Crippen molar-refractivity contribution in [1.82, 2.24) is 9.55 Å². The highest BCUT2D eigenvalue weighted by molar-refractivity contribution is 6.09. The number of nitrogens with zero attached hydrogens (tertiary/aromatic N) is 3. The molecule has 0 radical (unpaired) electrons. The van der Waals surface area contributed by atoms with Crippen LogP contribution in [0.2, 0.25) is 0 Å². The Morgan fingerprint density at radius 2 is 1.20 bits per heavy atom. The quantitative estimate of drug-likeness (QED) is 0.239. The van der Waals surface area contributed by atoms with Crippen molar-refractivity contribution in [3.05, 3.63) is 156 Å². The Labute approximate surface area is 232 Å². The van der Waals surface area contributed by atoms with E-state index in [0.29, 0.717) is 5.56 Å². The van der Waals surface area contributed by atoms with Crippen LogP contribution >= 0.6 is 0 Å². The summed E-state index contributed by atoms with van der Waals surface area (Å²) in [5.74, 6) is 0.959. The van der Waals surface area contributed by atoms with E-state index in [0.717, 1.165) is 33.5 Å². The van der Waals surface area contributed by atoms with E-state index in [1.165, 1.54) is 33.0 Å². The van der Waals surface area contributed by atoms with Gasteiger partial charge in [0.15, 0.2) is 0 Å². The highest BCUT2D eigenvalue weighted by Gasteiger charge is 2.29. The van der Waals surface area contributed by atoms with Gasteiger partial charge in [-0.2, -0.15) is 5.26 Å². The number of nitriles is 1. The lowest BCUT2D eigenvalue weighted by Crippen LogP contribution is -2.01. The van der Waals surface area contributed by atoms with Gasteiger partial charge in [-0.05, 0) is 69.8 Å². The third-order valence-corrected chi connectivity index (χ3v) is 8.14. The summed E-state index contributed by atoms with van der Waals surface area (Å²) in [5, 5.41) is 12.4. The first kappa shape index (κ1) is 22.5. The summed E-state index contributed by atoms with van der Waals surface area (Å²) in [6.45, 7) is 0. The van der Waals surface area contributed by atoms with E-state index in [1.807, 2.05) is 18.3 Å². The molecule has 3 heteroatoms. The second-order valence-electron chi connectivity index (χ2n) is 10.3. The number of hydrogen-bond acceptors (Lipinski definition) is 2. The molecule has 7 aromatic rings. The summed E-state index contributed by atoms with van der Waals surface area (Å²) in [5.41, 5.74) is 11.1. The molecule has 0 atom stereocenters. The molecule has 0 aliphatic heterocycles. The lowest BCUT2D eigenvalue weighted by Gasteiger charge is -2.16. The molecule has 3 nitrogen and oxygen atoms in total. The van der Waals surface area contributed by atoms with Crippen molar-refractivity contribution in [3.63, 3.8) is 0 Å². The van der Waals surface area contributed by atoms with Crippen LogP contribution in [0.15, 0.2) is 134 Å². The van der Waals surface area contributed by atoms with Crippen molar-refractivity contribution in [2.75, 3.05) is 0 Å². The first-order valence-electron chi connectivity index (χ1n) is 13.5. The van der Waals surface area contributed by atoms with Crippen molar-refractivity contribution >= 4 is 21.8 Å². The molecule has 0 bridgehead atoms. The lowest BCUT2D eigenvalue weighted by molar-refractivity contribution is 1.01. The van der Waals surface area contributed by atoms with Gasteiger partial charge in [0.05, 0.1) is 22.7 Å². The number of fused-ring (bicyclic) bond motifs is 6. The number of hydrogen-bond donors (Lipinski definition) is 0. The summed E-state index contributed by atoms with van der Waals surface area (Å²) in [6, 6.07) is 46.9. The maximum atomic E-state index is 9.97. The summed E-state index contributed by atoms with van der Waals surface area (Å²) < 4.78 is 2.22. The van der Waals surface area contributed by atoms with Gasteiger partial charge in [-0.3, -0.25) is 4.57 Å². The molecule has 40 heavy (non-hydrogen) atoms. The molecule has 0 spiro atoms. The molecule has 0 unspecified atom stereocenters. The smallest absolute Gasteiger partial charge is 0.137 e. The van der Waals surface area contributed by atoms with Gasteiger partial charge in [0.1, 0.15) is 5.82 Å². The molecule has 0 N–H and O–H groups in total. The van der Waals surface area contributed by atoms with Crippen molar-refractivity contribution in [3.8, 4) is 34.1 Å². The van der Waals surface area contributed by atoms with E-state index < -0.39 is 0 Å². The second-order valence-corrected chi connectivity index (χ2v) is 10.3. The summed E-state index contributed by atoms with van der Waals surface area (Å²) in [6.07, 6.45) is 1.93. The van der Waals surface area contributed by atoms with Crippen LogP contribution in [0, 0.1) is 11.3 Å². The zero-order valence-corrected chi connectivity index (χ0v) is 21.6. The average molecular weight is 510 g/mol. The summed E-state index contributed by atoms with van der Waals surface area (Å²) in [7, 11) is 0. The number of aromatic nitrogens is 2. The van der Waals surface area contributed by atoms with Gasteiger partial charge in [0.2, 0.25) is 0 Å². The van der Waals surface area contributed by atoms with E-state index in [1.54, 1.807) is 0 Å². The summed E-state index contributed by atoms with van der Waals surface area (Å²) >= 11 is 0. The molecule has 0 fully saturated rings. The number of benzene rings is 5. The molecule has 0 saturated carbocycles. The molecule has 1 aliphatic rings. The molecular weight excluding hydrogens is 486 g/mol. The Balaban J connectivity index is 1.25. The predicted octanol–water partition coefficient (Wildman–Crippen LogP) is 8.88. The first-order chi connectivity index (χ1) is 19.8. The second kappa shape index (κ2) is 8.80. The van der Waals surface area contributed by atoms with Gasteiger partial charge in [0.25, 0.3) is 0 Å². The van der Waals surface area contributed by atoms with Crippen molar-refractivity contribution < 1.29 is 0 Å². The highest BCUT2D eigenvalue weighted by Crippen LogP contribution is 2.48. The zero-order chi connectivity index (χ0) is 26.6. The van der Waals surface area contributed by atoms with Gasteiger partial charge < -0.3 is 0 Å². The molecule has 5 aromatic carbocycles. The van der Waals surface area contributed by atoms with Crippen molar-refractivity contribution in [2.24, 2.45) is 0 Å². The van der Waals surface area contributed by atoms with Crippen LogP contribution in [0.3, 0.4) is 0 Å². The Hall–Kier alpha value is -5.46. The van der Waals surface area contributed by atoms with Crippen LogP contribution < -0.4 is 0 Å². The monoisotopic (exact) mass is 509 g/mol. The van der Waals surface area contributed by atoms with Gasteiger partial charge in [-0.1, -0.05) is 91.0 Å². The molecule has 0 amide bonds. The average Bonchev–Trinajstić information content (AvgIpc) is 3.54. The van der Waals surface area contributed by atoms with E-state index in [2.05, 4.69) is 126 Å². The molecule has 2 heterocycles. The van der Waals surface area contributed by atoms with Crippen LogP contribution in [0.4, 0.5) is 0 Å².